The molecule has 0 unspecified atom stereocenters. The van der Waals surface area contributed by atoms with Crippen LogP contribution in [0.25, 0.3) is 11.3 Å². The maximum Gasteiger partial charge on any atom is 0.133 e. The van der Waals surface area contributed by atoms with Gasteiger partial charge in [0, 0.05) is 16.9 Å². The number of aromatic nitrogens is 2. The first-order chi connectivity index (χ1) is 6.79. The Hall–Kier alpha value is -1.29. The fourth-order valence-electron chi connectivity index (χ4n) is 1.17. The van der Waals surface area contributed by atoms with E-state index < -0.39 is 0 Å². The molecular formula is C10H6BrFN2. The first kappa shape index (κ1) is 9.27. The second-order valence-electron chi connectivity index (χ2n) is 2.69. The van der Waals surface area contributed by atoms with E-state index in [4.69, 9.17) is 0 Å². The Bertz CT molecular complexity index is 425. The maximum absolute atomic E-state index is 13.4. The van der Waals surface area contributed by atoms with Crippen LogP contribution in [-0.2, 0) is 0 Å². The number of rotatable bonds is 1. The van der Waals surface area contributed by atoms with E-state index in [-0.39, 0.29) is 5.82 Å². The highest BCUT2D eigenvalue weighted by Gasteiger charge is 2.09. The van der Waals surface area contributed by atoms with Crippen molar-refractivity contribution >= 4 is 15.9 Å². The van der Waals surface area contributed by atoms with Gasteiger partial charge in [-0.05, 0) is 28.1 Å². The van der Waals surface area contributed by atoms with Gasteiger partial charge in [-0.15, -0.1) is 0 Å². The molecule has 0 N–H and O–H groups in total. The highest BCUT2D eigenvalue weighted by atomic mass is 79.9. The van der Waals surface area contributed by atoms with Crippen molar-refractivity contribution in [3.05, 3.63) is 47.1 Å². The number of nitrogens with zero attached hydrogens (tertiary/aromatic N) is 2. The largest absolute Gasteiger partial charge is 0.261 e. The number of hydrogen-bond donors (Lipinski definition) is 0. The van der Waals surface area contributed by atoms with Gasteiger partial charge in [-0.2, -0.15) is 0 Å². The molecule has 70 valence electrons. The Morgan fingerprint density at radius 3 is 2.71 bits per heavy atom. The molecule has 2 rings (SSSR count). The van der Waals surface area contributed by atoms with Gasteiger partial charge in [0.1, 0.15) is 5.82 Å². The van der Waals surface area contributed by atoms with Gasteiger partial charge in [0.2, 0.25) is 0 Å². The van der Waals surface area contributed by atoms with Crippen LogP contribution in [0.5, 0.6) is 0 Å². The molecule has 0 aliphatic heterocycles. The topological polar surface area (TPSA) is 25.8 Å². The van der Waals surface area contributed by atoms with Gasteiger partial charge in [-0.25, -0.2) is 4.39 Å². The summed E-state index contributed by atoms with van der Waals surface area (Å²) >= 11 is 3.28. The van der Waals surface area contributed by atoms with Crippen molar-refractivity contribution in [1.82, 2.24) is 9.97 Å². The fourth-order valence-corrected chi connectivity index (χ4v) is 1.72. The summed E-state index contributed by atoms with van der Waals surface area (Å²) < 4.78 is 14.1. The van der Waals surface area contributed by atoms with E-state index in [9.17, 15) is 4.39 Å². The standard InChI is InChI=1S/C10H6BrFN2/c11-7-2-1-3-8(12)10(7)9-6-13-4-5-14-9/h1-6H. The van der Waals surface area contributed by atoms with Crippen LogP contribution in [-0.4, -0.2) is 9.97 Å². The third-order valence-corrected chi connectivity index (χ3v) is 2.44. The summed E-state index contributed by atoms with van der Waals surface area (Å²) in [6.07, 6.45) is 4.62. The zero-order valence-electron chi connectivity index (χ0n) is 7.11. The molecule has 2 nitrogen and oxygen atoms in total. The average Bonchev–Trinajstić information content (AvgIpc) is 2.19. The van der Waals surface area contributed by atoms with Crippen molar-refractivity contribution in [3.8, 4) is 11.3 Å². The molecule has 0 amide bonds. The molecule has 0 saturated carbocycles. The van der Waals surface area contributed by atoms with E-state index in [1.807, 2.05) is 0 Å². The van der Waals surface area contributed by atoms with Gasteiger partial charge >= 0.3 is 0 Å². The van der Waals surface area contributed by atoms with Crippen molar-refractivity contribution in [2.45, 2.75) is 0 Å². The summed E-state index contributed by atoms with van der Waals surface area (Å²) in [7, 11) is 0. The zero-order valence-corrected chi connectivity index (χ0v) is 8.70. The second kappa shape index (κ2) is 3.84. The Kier molecular flexibility index (Phi) is 2.54. The van der Waals surface area contributed by atoms with Gasteiger partial charge in [0.05, 0.1) is 17.5 Å². The van der Waals surface area contributed by atoms with E-state index in [1.165, 1.54) is 18.5 Å². The minimum absolute atomic E-state index is 0.306. The van der Waals surface area contributed by atoms with E-state index in [0.29, 0.717) is 15.7 Å². The Morgan fingerprint density at radius 2 is 2.07 bits per heavy atom. The summed E-state index contributed by atoms with van der Waals surface area (Å²) in [5.41, 5.74) is 0.970. The highest BCUT2D eigenvalue weighted by Crippen LogP contribution is 2.28. The second-order valence-corrected chi connectivity index (χ2v) is 3.54. The number of halogens is 2. The summed E-state index contributed by atoms with van der Waals surface area (Å²) in [6.45, 7) is 0. The van der Waals surface area contributed by atoms with Crippen LogP contribution in [0, 0.1) is 5.82 Å². The van der Waals surface area contributed by atoms with Gasteiger partial charge in [0.25, 0.3) is 0 Å². The lowest BCUT2D eigenvalue weighted by Crippen LogP contribution is -1.89. The molecule has 0 aliphatic rings. The minimum atomic E-state index is -0.306. The molecule has 0 spiro atoms. The average molecular weight is 253 g/mol. The lowest BCUT2D eigenvalue weighted by Gasteiger charge is -2.03. The van der Waals surface area contributed by atoms with Crippen molar-refractivity contribution in [1.29, 1.82) is 0 Å². The molecule has 14 heavy (non-hydrogen) atoms. The number of hydrogen-bond acceptors (Lipinski definition) is 2. The van der Waals surface area contributed by atoms with Gasteiger partial charge in [-0.3, -0.25) is 9.97 Å². The van der Waals surface area contributed by atoms with Crippen molar-refractivity contribution in [3.63, 3.8) is 0 Å². The lowest BCUT2D eigenvalue weighted by atomic mass is 10.1. The van der Waals surface area contributed by atoms with Crippen molar-refractivity contribution < 1.29 is 4.39 Å². The summed E-state index contributed by atoms with van der Waals surface area (Å²) in [5.74, 6) is -0.306. The lowest BCUT2D eigenvalue weighted by molar-refractivity contribution is 0.630. The predicted octanol–water partition coefficient (Wildman–Crippen LogP) is 3.05. The van der Waals surface area contributed by atoms with Crippen LogP contribution in [0.1, 0.15) is 0 Å². The minimum Gasteiger partial charge on any atom is -0.261 e. The van der Waals surface area contributed by atoms with Crippen LogP contribution < -0.4 is 0 Å². The third-order valence-electron chi connectivity index (χ3n) is 1.78. The molecule has 1 aromatic heterocycles. The maximum atomic E-state index is 13.4. The van der Waals surface area contributed by atoms with Crippen molar-refractivity contribution in [2.24, 2.45) is 0 Å². The summed E-state index contributed by atoms with van der Waals surface area (Å²) in [4.78, 5) is 7.93. The smallest absolute Gasteiger partial charge is 0.133 e. The molecule has 1 aromatic carbocycles. The van der Waals surface area contributed by atoms with Crippen LogP contribution in [0.3, 0.4) is 0 Å². The molecule has 2 aromatic rings. The summed E-state index contributed by atoms with van der Waals surface area (Å²) in [6, 6.07) is 4.81. The van der Waals surface area contributed by atoms with E-state index in [0.717, 1.165) is 0 Å². The Balaban J connectivity index is 2.63. The molecule has 0 radical (unpaired) electrons. The number of benzene rings is 1. The fraction of sp³-hybridized carbons (Fsp3) is 0. The normalized spacial score (nSPS) is 10.1. The van der Waals surface area contributed by atoms with Crippen LogP contribution >= 0.6 is 15.9 Å². The van der Waals surface area contributed by atoms with Crippen LogP contribution in [0.2, 0.25) is 0 Å². The first-order valence-corrected chi connectivity index (χ1v) is 4.79. The molecule has 4 heteroatoms. The zero-order chi connectivity index (χ0) is 9.97. The van der Waals surface area contributed by atoms with Crippen LogP contribution in [0.4, 0.5) is 4.39 Å². The van der Waals surface area contributed by atoms with E-state index in [1.54, 1.807) is 18.3 Å². The van der Waals surface area contributed by atoms with Gasteiger partial charge in [0.15, 0.2) is 0 Å². The van der Waals surface area contributed by atoms with Crippen molar-refractivity contribution in [2.75, 3.05) is 0 Å². The highest BCUT2D eigenvalue weighted by molar-refractivity contribution is 9.10. The third kappa shape index (κ3) is 1.65. The molecule has 1 heterocycles. The van der Waals surface area contributed by atoms with Crippen LogP contribution in [0.15, 0.2) is 41.3 Å². The predicted molar refractivity (Wildman–Crippen MR) is 55.1 cm³/mol. The molecule has 0 aliphatic carbocycles. The Morgan fingerprint density at radius 1 is 1.21 bits per heavy atom. The molecular weight excluding hydrogens is 247 g/mol. The molecule has 0 fully saturated rings. The van der Waals surface area contributed by atoms with E-state index in [2.05, 4.69) is 25.9 Å². The Labute approximate surface area is 89.0 Å². The quantitative estimate of drug-likeness (QED) is 0.780. The molecule has 0 saturated heterocycles. The van der Waals surface area contributed by atoms with Gasteiger partial charge in [-0.1, -0.05) is 6.07 Å². The van der Waals surface area contributed by atoms with E-state index >= 15 is 0 Å². The molecule has 0 bridgehead atoms. The van der Waals surface area contributed by atoms with Gasteiger partial charge < -0.3 is 0 Å². The first-order valence-electron chi connectivity index (χ1n) is 3.99. The monoisotopic (exact) mass is 252 g/mol. The SMILES string of the molecule is Fc1cccc(Br)c1-c1cnccn1. The summed E-state index contributed by atoms with van der Waals surface area (Å²) in [5, 5.41) is 0. The molecule has 0 atom stereocenters.